The number of anilines is 1. The van der Waals surface area contributed by atoms with Crippen LogP contribution in [0.3, 0.4) is 0 Å². The zero-order valence-corrected chi connectivity index (χ0v) is 13.5. The second-order valence-electron chi connectivity index (χ2n) is 5.97. The van der Waals surface area contributed by atoms with Gasteiger partial charge in [-0.3, -0.25) is 4.79 Å². The number of amides is 1. The van der Waals surface area contributed by atoms with E-state index in [4.69, 9.17) is 4.74 Å². The van der Waals surface area contributed by atoms with E-state index >= 15 is 0 Å². The van der Waals surface area contributed by atoms with Crippen LogP contribution in [0, 0.1) is 26.7 Å². The fourth-order valence-electron chi connectivity index (χ4n) is 2.94. The molecule has 0 bridgehead atoms. The first-order valence-corrected chi connectivity index (χ1v) is 7.72. The van der Waals surface area contributed by atoms with Gasteiger partial charge in [0, 0.05) is 11.7 Å². The highest BCUT2D eigenvalue weighted by Gasteiger charge is 2.33. The van der Waals surface area contributed by atoms with Gasteiger partial charge in [0.15, 0.2) is 0 Å². The maximum absolute atomic E-state index is 12.5. The third-order valence-electron chi connectivity index (χ3n) is 4.00. The molecule has 1 amide bonds. The van der Waals surface area contributed by atoms with E-state index in [0.717, 1.165) is 29.8 Å². The van der Waals surface area contributed by atoms with Gasteiger partial charge < -0.3 is 15.4 Å². The normalized spacial score (nSPS) is 21.5. The highest BCUT2D eigenvalue weighted by Crippen LogP contribution is 2.24. The number of carbonyl (C=O) groups is 1. The Balaban J connectivity index is 2.07. The van der Waals surface area contributed by atoms with Crippen LogP contribution in [0.15, 0.2) is 12.1 Å². The largest absolute Gasteiger partial charge is 0.379 e. The summed E-state index contributed by atoms with van der Waals surface area (Å²) in [4.78, 5) is 12.5. The average molecular weight is 290 g/mol. The summed E-state index contributed by atoms with van der Waals surface area (Å²) in [6, 6.07) is 4.32. The molecule has 4 heteroatoms. The molecule has 2 N–H and O–H groups in total. The Hall–Kier alpha value is -1.39. The molecule has 4 nitrogen and oxygen atoms in total. The van der Waals surface area contributed by atoms with Gasteiger partial charge in [0.2, 0.25) is 5.91 Å². The summed E-state index contributed by atoms with van der Waals surface area (Å²) in [6.07, 6.45) is 1.06. The summed E-state index contributed by atoms with van der Waals surface area (Å²) in [5.41, 5.74) is 4.37. The quantitative estimate of drug-likeness (QED) is 0.876. The molecule has 2 atom stereocenters. The van der Waals surface area contributed by atoms with Gasteiger partial charge in [-0.1, -0.05) is 24.6 Å². The highest BCUT2D eigenvalue weighted by atomic mass is 16.5. The lowest BCUT2D eigenvalue weighted by molar-refractivity contribution is -0.120. The first-order valence-electron chi connectivity index (χ1n) is 7.72. The summed E-state index contributed by atoms with van der Waals surface area (Å²) in [7, 11) is 0. The van der Waals surface area contributed by atoms with Crippen LogP contribution in [-0.2, 0) is 9.53 Å². The van der Waals surface area contributed by atoms with E-state index in [-0.39, 0.29) is 17.9 Å². The van der Waals surface area contributed by atoms with Crippen LogP contribution in [0.25, 0.3) is 0 Å². The number of aryl methyl sites for hydroxylation is 3. The Labute approximate surface area is 127 Å². The Morgan fingerprint density at radius 3 is 2.52 bits per heavy atom. The maximum atomic E-state index is 12.5. The van der Waals surface area contributed by atoms with Crippen molar-refractivity contribution in [2.24, 2.45) is 5.92 Å². The van der Waals surface area contributed by atoms with Crippen LogP contribution in [0.4, 0.5) is 5.69 Å². The van der Waals surface area contributed by atoms with Gasteiger partial charge in [0.25, 0.3) is 0 Å². The molecule has 1 aromatic carbocycles. The van der Waals surface area contributed by atoms with Crippen LogP contribution < -0.4 is 10.6 Å². The maximum Gasteiger partial charge on any atom is 0.231 e. The first-order chi connectivity index (χ1) is 10.0. The van der Waals surface area contributed by atoms with Crippen molar-refractivity contribution >= 4 is 11.6 Å². The van der Waals surface area contributed by atoms with Crippen molar-refractivity contribution in [1.82, 2.24) is 5.32 Å². The zero-order chi connectivity index (χ0) is 15.4. The second-order valence-corrected chi connectivity index (χ2v) is 5.97. The molecular weight excluding hydrogens is 264 g/mol. The predicted molar refractivity (Wildman–Crippen MR) is 85.7 cm³/mol. The molecule has 0 radical (unpaired) electrons. The lowest BCUT2D eigenvalue weighted by Gasteiger charge is -2.20. The van der Waals surface area contributed by atoms with E-state index in [1.165, 1.54) is 5.56 Å². The van der Waals surface area contributed by atoms with Gasteiger partial charge >= 0.3 is 0 Å². The minimum atomic E-state index is -0.114. The molecular formula is C17H26N2O2. The van der Waals surface area contributed by atoms with Crippen molar-refractivity contribution in [3.63, 3.8) is 0 Å². The third-order valence-corrected chi connectivity index (χ3v) is 4.00. The minimum absolute atomic E-state index is 0.0520. The Kier molecular flexibility index (Phi) is 5.37. The van der Waals surface area contributed by atoms with Crippen LogP contribution in [-0.4, -0.2) is 31.7 Å². The van der Waals surface area contributed by atoms with Gasteiger partial charge in [0.1, 0.15) is 0 Å². The number of rotatable bonds is 5. The summed E-state index contributed by atoms with van der Waals surface area (Å²) < 4.78 is 5.48. The van der Waals surface area contributed by atoms with E-state index in [9.17, 15) is 4.79 Å². The SMILES string of the molecule is CCCNC1COCC1C(=O)Nc1c(C)cc(C)cc1C. The standard InChI is InChI=1S/C17H26N2O2/c1-5-6-18-15-10-21-9-14(15)17(20)19-16-12(3)7-11(2)8-13(16)4/h7-8,14-15,18H,5-6,9-10H2,1-4H3,(H,19,20). The zero-order valence-electron chi connectivity index (χ0n) is 13.5. The van der Waals surface area contributed by atoms with E-state index in [1.807, 2.05) is 13.8 Å². The molecule has 0 saturated carbocycles. The van der Waals surface area contributed by atoms with Crippen LogP contribution in [0.1, 0.15) is 30.0 Å². The third kappa shape index (κ3) is 3.83. The molecule has 0 aliphatic carbocycles. The summed E-state index contributed by atoms with van der Waals surface area (Å²) in [5, 5.41) is 6.50. The van der Waals surface area contributed by atoms with Crippen molar-refractivity contribution in [2.75, 3.05) is 25.1 Å². The number of carbonyl (C=O) groups excluding carboxylic acids is 1. The lowest BCUT2D eigenvalue weighted by Crippen LogP contribution is -2.41. The van der Waals surface area contributed by atoms with E-state index in [0.29, 0.717) is 13.2 Å². The number of hydrogen-bond acceptors (Lipinski definition) is 3. The number of nitrogens with one attached hydrogen (secondary N) is 2. The van der Waals surface area contributed by atoms with Crippen LogP contribution in [0.2, 0.25) is 0 Å². The Morgan fingerprint density at radius 1 is 1.24 bits per heavy atom. The van der Waals surface area contributed by atoms with E-state index in [1.54, 1.807) is 0 Å². The molecule has 2 unspecified atom stereocenters. The molecule has 0 spiro atoms. The molecule has 21 heavy (non-hydrogen) atoms. The number of hydrogen-bond donors (Lipinski definition) is 2. The van der Waals surface area contributed by atoms with Crippen molar-refractivity contribution < 1.29 is 9.53 Å². The molecule has 1 aliphatic rings. The van der Waals surface area contributed by atoms with Crippen molar-refractivity contribution in [2.45, 2.75) is 40.2 Å². The van der Waals surface area contributed by atoms with Crippen LogP contribution >= 0.6 is 0 Å². The monoisotopic (exact) mass is 290 g/mol. The van der Waals surface area contributed by atoms with Gasteiger partial charge in [-0.05, 0) is 44.9 Å². The molecule has 2 rings (SSSR count). The fourth-order valence-corrected chi connectivity index (χ4v) is 2.94. The Bertz CT molecular complexity index is 491. The van der Waals surface area contributed by atoms with E-state index in [2.05, 4.69) is 36.6 Å². The summed E-state index contributed by atoms with van der Waals surface area (Å²) in [5.74, 6) is -0.0622. The lowest BCUT2D eigenvalue weighted by atomic mass is 10.0. The molecule has 1 aliphatic heterocycles. The average Bonchev–Trinajstić information content (AvgIpc) is 2.88. The van der Waals surface area contributed by atoms with E-state index < -0.39 is 0 Å². The van der Waals surface area contributed by atoms with Gasteiger partial charge in [-0.25, -0.2) is 0 Å². The second kappa shape index (κ2) is 7.05. The topological polar surface area (TPSA) is 50.4 Å². The van der Waals surface area contributed by atoms with Crippen LogP contribution in [0.5, 0.6) is 0 Å². The smallest absolute Gasteiger partial charge is 0.231 e. The highest BCUT2D eigenvalue weighted by molar-refractivity contribution is 5.94. The number of ether oxygens (including phenoxy) is 1. The molecule has 1 saturated heterocycles. The van der Waals surface area contributed by atoms with Gasteiger partial charge in [-0.2, -0.15) is 0 Å². The summed E-state index contributed by atoms with van der Waals surface area (Å²) in [6.45, 7) is 10.3. The van der Waals surface area contributed by atoms with Crippen molar-refractivity contribution in [3.05, 3.63) is 28.8 Å². The van der Waals surface area contributed by atoms with Crippen molar-refractivity contribution in [3.8, 4) is 0 Å². The summed E-state index contributed by atoms with van der Waals surface area (Å²) >= 11 is 0. The number of benzene rings is 1. The predicted octanol–water partition coefficient (Wildman–Crippen LogP) is 2.56. The minimum Gasteiger partial charge on any atom is -0.379 e. The molecule has 1 heterocycles. The molecule has 116 valence electrons. The van der Waals surface area contributed by atoms with Crippen molar-refractivity contribution in [1.29, 1.82) is 0 Å². The molecule has 1 aromatic rings. The molecule has 0 aromatic heterocycles. The van der Waals surface area contributed by atoms with Gasteiger partial charge in [0.05, 0.1) is 19.1 Å². The fraction of sp³-hybridized carbons (Fsp3) is 0.588. The molecule has 1 fully saturated rings. The van der Waals surface area contributed by atoms with Gasteiger partial charge in [-0.15, -0.1) is 0 Å². The first kappa shape index (κ1) is 16.0. The Morgan fingerprint density at radius 2 is 1.90 bits per heavy atom.